The minimum absolute atomic E-state index is 0.693. The Balaban J connectivity index is 1.72. The van der Waals surface area contributed by atoms with Gasteiger partial charge in [0.15, 0.2) is 17.5 Å². The maximum atomic E-state index is 5.79. The Labute approximate surface area is 113 Å². The summed E-state index contributed by atoms with van der Waals surface area (Å²) >= 11 is 0. The first-order chi connectivity index (χ1) is 9.43. The predicted molar refractivity (Wildman–Crippen MR) is 73.8 cm³/mol. The van der Waals surface area contributed by atoms with Gasteiger partial charge >= 0.3 is 0 Å². The number of hydrogen-bond donors (Lipinski definition) is 2. The lowest BCUT2D eigenvalue weighted by Crippen LogP contribution is -2.40. The minimum atomic E-state index is 0.693. The fourth-order valence-electron chi connectivity index (χ4n) is 2.22. The highest BCUT2D eigenvalue weighted by molar-refractivity contribution is 5.80. The molecule has 0 atom stereocenters. The summed E-state index contributed by atoms with van der Waals surface area (Å²) in [6.07, 6.45) is 2.03. The highest BCUT2D eigenvalue weighted by Gasteiger charge is 2.14. The standard InChI is InChI=1S/C14H19N3O2/c1-4-11(10-17-14-15-6-2-7-16-14)13-12(5-1)18-8-3-9-19-13/h1,4-5H,2-3,6-10H2,(H2,15,16,17). The molecule has 5 nitrogen and oxygen atoms in total. The van der Waals surface area contributed by atoms with Crippen LogP contribution in [-0.4, -0.2) is 32.3 Å². The van der Waals surface area contributed by atoms with Crippen molar-refractivity contribution in [3.05, 3.63) is 23.8 Å². The number of aliphatic imine (C=N–C) groups is 1. The molecule has 2 N–H and O–H groups in total. The van der Waals surface area contributed by atoms with Gasteiger partial charge in [-0.3, -0.25) is 4.99 Å². The molecule has 0 unspecified atom stereocenters. The van der Waals surface area contributed by atoms with E-state index in [1.54, 1.807) is 0 Å². The molecule has 3 rings (SSSR count). The maximum Gasteiger partial charge on any atom is 0.191 e. The van der Waals surface area contributed by atoms with Crippen LogP contribution in [-0.2, 0) is 6.54 Å². The van der Waals surface area contributed by atoms with Crippen LogP contribution in [0.1, 0.15) is 18.4 Å². The molecule has 0 amide bonds. The van der Waals surface area contributed by atoms with E-state index in [9.17, 15) is 0 Å². The molecule has 0 bridgehead atoms. The minimum Gasteiger partial charge on any atom is -0.490 e. The van der Waals surface area contributed by atoms with Crippen LogP contribution in [0.4, 0.5) is 0 Å². The molecule has 5 heteroatoms. The molecule has 2 heterocycles. The summed E-state index contributed by atoms with van der Waals surface area (Å²) in [4.78, 5) is 4.40. The zero-order valence-electron chi connectivity index (χ0n) is 10.9. The van der Waals surface area contributed by atoms with Crippen molar-refractivity contribution in [3.63, 3.8) is 0 Å². The lowest BCUT2D eigenvalue weighted by molar-refractivity contribution is 0.296. The second-order valence-corrected chi connectivity index (χ2v) is 4.66. The Morgan fingerprint density at radius 1 is 1.21 bits per heavy atom. The third-order valence-electron chi connectivity index (χ3n) is 3.20. The van der Waals surface area contributed by atoms with E-state index in [2.05, 4.69) is 21.7 Å². The summed E-state index contributed by atoms with van der Waals surface area (Å²) in [6, 6.07) is 6.02. The lowest BCUT2D eigenvalue weighted by atomic mass is 10.2. The van der Waals surface area contributed by atoms with Crippen LogP contribution in [0, 0.1) is 0 Å². The maximum absolute atomic E-state index is 5.79. The third-order valence-corrected chi connectivity index (χ3v) is 3.20. The van der Waals surface area contributed by atoms with Crippen molar-refractivity contribution in [2.24, 2.45) is 4.99 Å². The van der Waals surface area contributed by atoms with E-state index in [0.29, 0.717) is 13.2 Å². The van der Waals surface area contributed by atoms with Gasteiger partial charge in [-0.2, -0.15) is 0 Å². The quantitative estimate of drug-likeness (QED) is 0.842. The molecule has 1 aromatic rings. The largest absolute Gasteiger partial charge is 0.490 e. The van der Waals surface area contributed by atoms with Gasteiger partial charge in [0.1, 0.15) is 0 Å². The second kappa shape index (κ2) is 5.82. The number of rotatable bonds is 2. The molecule has 0 saturated heterocycles. The summed E-state index contributed by atoms with van der Waals surface area (Å²) < 4.78 is 11.5. The summed E-state index contributed by atoms with van der Waals surface area (Å²) in [5.74, 6) is 2.58. The van der Waals surface area contributed by atoms with Crippen molar-refractivity contribution in [2.45, 2.75) is 19.4 Å². The van der Waals surface area contributed by atoms with Gasteiger partial charge in [0.2, 0.25) is 0 Å². The van der Waals surface area contributed by atoms with Crippen molar-refractivity contribution < 1.29 is 9.47 Å². The molecular weight excluding hydrogens is 242 g/mol. The summed E-state index contributed by atoms with van der Waals surface area (Å²) in [5, 5.41) is 6.56. The second-order valence-electron chi connectivity index (χ2n) is 4.66. The van der Waals surface area contributed by atoms with E-state index in [-0.39, 0.29) is 0 Å². The lowest BCUT2D eigenvalue weighted by Gasteiger charge is -2.17. The Hall–Kier alpha value is -1.91. The van der Waals surface area contributed by atoms with Crippen molar-refractivity contribution in [3.8, 4) is 11.5 Å². The fraction of sp³-hybridized carbons (Fsp3) is 0.500. The highest BCUT2D eigenvalue weighted by atomic mass is 16.5. The molecule has 0 aliphatic carbocycles. The Morgan fingerprint density at radius 3 is 3.05 bits per heavy atom. The number of guanidine groups is 1. The predicted octanol–water partition coefficient (Wildman–Crippen LogP) is 1.29. The molecule has 0 spiro atoms. The van der Waals surface area contributed by atoms with Gasteiger partial charge in [0, 0.05) is 31.6 Å². The molecule has 0 fully saturated rings. The zero-order valence-corrected chi connectivity index (χ0v) is 10.9. The molecular formula is C14H19N3O2. The van der Waals surface area contributed by atoms with E-state index in [1.165, 1.54) is 0 Å². The first-order valence-electron chi connectivity index (χ1n) is 6.83. The van der Waals surface area contributed by atoms with Gasteiger partial charge < -0.3 is 20.1 Å². The molecule has 102 valence electrons. The topological polar surface area (TPSA) is 54.9 Å². The monoisotopic (exact) mass is 261 g/mol. The molecule has 19 heavy (non-hydrogen) atoms. The molecule has 0 saturated carbocycles. The van der Waals surface area contributed by atoms with Crippen LogP contribution in [0.2, 0.25) is 0 Å². The summed E-state index contributed by atoms with van der Waals surface area (Å²) in [5.41, 5.74) is 1.11. The van der Waals surface area contributed by atoms with E-state index < -0.39 is 0 Å². The summed E-state index contributed by atoms with van der Waals surface area (Å²) in [6.45, 7) is 4.00. The first-order valence-corrected chi connectivity index (χ1v) is 6.83. The summed E-state index contributed by atoms with van der Waals surface area (Å²) in [7, 11) is 0. The molecule has 2 aliphatic heterocycles. The van der Waals surface area contributed by atoms with Crippen molar-refractivity contribution in [1.82, 2.24) is 10.6 Å². The fourth-order valence-corrected chi connectivity index (χ4v) is 2.22. The number of benzene rings is 1. The number of nitrogens with one attached hydrogen (secondary N) is 2. The van der Waals surface area contributed by atoms with E-state index in [1.807, 2.05) is 12.1 Å². The number of para-hydroxylation sites is 1. The van der Waals surface area contributed by atoms with Crippen LogP contribution in [0.25, 0.3) is 0 Å². The van der Waals surface area contributed by atoms with Gasteiger partial charge in [-0.05, 0) is 12.5 Å². The number of ether oxygens (including phenoxy) is 2. The number of nitrogens with zero attached hydrogens (tertiary/aromatic N) is 1. The zero-order chi connectivity index (χ0) is 12.9. The molecule has 2 aliphatic rings. The average molecular weight is 261 g/mol. The SMILES string of the molecule is c1cc(CNC2=NCCCN2)c2c(c1)OCCCO2. The Bertz CT molecular complexity index is 474. The van der Waals surface area contributed by atoms with E-state index >= 15 is 0 Å². The normalized spacial score (nSPS) is 18.0. The van der Waals surface area contributed by atoms with Crippen LogP contribution in [0.5, 0.6) is 11.5 Å². The van der Waals surface area contributed by atoms with Gasteiger partial charge in [-0.25, -0.2) is 0 Å². The van der Waals surface area contributed by atoms with Crippen molar-refractivity contribution in [1.29, 1.82) is 0 Å². The number of fused-ring (bicyclic) bond motifs is 1. The molecule has 0 aromatic heterocycles. The smallest absolute Gasteiger partial charge is 0.191 e. The van der Waals surface area contributed by atoms with Crippen LogP contribution < -0.4 is 20.1 Å². The van der Waals surface area contributed by atoms with Gasteiger partial charge in [0.05, 0.1) is 13.2 Å². The van der Waals surface area contributed by atoms with Gasteiger partial charge in [0.25, 0.3) is 0 Å². The molecule has 0 radical (unpaired) electrons. The Morgan fingerprint density at radius 2 is 2.16 bits per heavy atom. The number of hydrogen-bond acceptors (Lipinski definition) is 5. The Kier molecular flexibility index (Phi) is 3.72. The van der Waals surface area contributed by atoms with Gasteiger partial charge in [-0.15, -0.1) is 0 Å². The van der Waals surface area contributed by atoms with Crippen LogP contribution in [0.3, 0.4) is 0 Å². The third kappa shape index (κ3) is 2.92. The average Bonchev–Trinajstić information content (AvgIpc) is 2.72. The van der Waals surface area contributed by atoms with Crippen molar-refractivity contribution >= 4 is 5.96 Å². The van der Waals surface area contributed by atoms with E-state index in [4.69, 9.17) is 9.47 Å². The van der Waals surface area contributed by atoms with Crippen LogP contribution >= 0.6 is 0 Å². The van der Waals surface area contributed by atoms with Gasteiger partial charge in [-0.1, -0.05) is 12.1 Å². The van der Waals surface area contributed by atoms with Crippen LogP contribution in [0.15, 0.2) is 23.2 Å². The first kappa shape index (κ1) is 12.1. The van der Waals surface area contributed by atoms with E-state index in [0.717, 1.165) is 55.6 Å². The van der Waals surface area contributed by atoms with Crippen molar-refractivity contribution in [2.75, 3.05) is 26.3 Å². The highest BCUT2D eigenvalue weighted by Crippen LogP contribution is 2.33. The molecule has 1 aromatic carbocycles.